The number of hydrogen-bond acceptors (Lipinski definition) is 4. The number of para-hydroxylation sites is 1. The highest BCUT2D eigenvalue weighted by atomic mass is 19.3. The van der Waals surface area contributed by atoms with Crippen LogP contribution in [0.25, 0.3) is 6.08 Å². The average molecular weight is 376 g/mol. The molecule has 0 atom stereocenters. The van der Waals surface area contributed by atoms with Crippen LogP contribution in [0.4, 0.5) is 8.78 Å². The molecule has 0 saturated heterocycles. The van der Waals surface area contributed by atoms with Gasteiger partial charge < -0.3 is 14.4 Å². The van der Waals surface area contributed by atoms with Crippen LogP contribution in [-0.2, 0) is 11.3 Å². The molecule has 1 amide bonds. The summed E-state index contributed by atoms with van der Waals surface area (Å²) in [6.07, 6.45) is 6.14. The molecule has 2 rings (SSSR count). The van der Waals surface area contributed by atoms with Crippen LogP contribution in [0.5, 0.6) is 11.5 Å². The van der Waals surface area contributed by atoms with Gasteiger partial charge in [-0.2, -0.15) is 8.78 Å². The Morgan fingerprint density at radius 2 is 2.04 bits per heavy atom. The minimum absolute atomic E-state index is 0.0514. The Kier molecular flexibility index (Phi) is 7.28. The summed E-state index contributed by atoms with van der Waals surface area (Å²) in [5.74, 6) is -0.192. The minimum atomic E-state index is -3.00. The number of hydrogen-bond donors (Lipinski definition) is 0. The Bertz CT molecular complexity index is 780. The largest absolute Gasteiger partial charge is 0.493 e. The molecule has 0 bridgehead atoms. The summed E-state index contributed by atoms with van der Waals surface area (Å²) < 4.78 is 35.0. The first-order valence-electron chi connectivity index (χ1n) is 8.41. The summed E-state index contributed by atoms with van der Waals surface area (Å²) in [6.45, 7) is 1.20. The average Bonchev–Trinajstić information content (AvgIpc) is 2.65. The summed E-state index contributed by atoms with van der Waals surface area (Å²) >= 11 is 0. The zero-order valence-corrected chi connectivity index (χ0v) is 15.4. The van der Waals surface area contributed by atoms with Crippen LogP contribution in [0.15, 0.2) is 48.8 Å². The summed E-state index contributed by atoms with van der Waals surface area (Å²) in [7, 11) is 1.36. The van der Waals surface area contributed by atoms with Gasteiger partial charge >= 0.3 is 6.61 Å². The molecule has 0 saturated carbocycles. The summed E-state index contributed by atoms with van der Waals surface area (Å²) in [6, 6.07) is 8.36. The van der Waals surface area contributed by atoms with Crippen LogP contribution < -0.4 is 9.47 Å². The molecule has 1 aromatic carbocycles. The first kappa shape index (κ1) is 20.4. The number of carbonyl (C=O) groups excluding carboxylic acids is 1. The Hall–Kier alpha value is -2.96. The van der Waals surface area contributed by atoms with E-state index >= 15 is 0 Å². The van der Waals surface area contributed by atoms with Gasteiger partial charge in [0.1, 0.15) is 0 Å². The second-order valence-corrected chi connectivity index (χ2v) is 6.01. The number of nitrogens with zero attached hydrogens (tertiary/aromatic N) is 2. The van der Waals surface area contributed by atoms with Gasteiger partial charge in [0.05, 0.1) is 7.11 Å². The lowest BCUT2D eigenvalue weighted by Gasteiger charge is -2.25. The van der Waals surface area contributed by atoms with Crippen molar-refractivity contribution in [2.75, 3.05) is 7.11 Å². The number of alkyl halides is 2. The first-order valence-corrected chi connectivity index (χ1v) is 8.41. The molecular formula is C20H22F2N2O3. The van der Waals surface area contributed by atoms with Crippen LogP contribution in [0.1, 0.15) is 25.0 Å². The molecule has 0 N–H and O–H groups in total. The van der Waals surface area contributed by atoms with Gasteiger partial charge in [-0.3, -0.25) is 9.78 Å². The molecule has 0 spiro atoms. The maximum absolute atomic E-state index is 12.7. The van der Waals surface area contributed by atoms with Crippen LogP contribution in [0.3, 0.4) is 0 Å². The smallest absolute Gasteiger partial charge is 0.387 e. The van der Waals surface area contributed by atoms with Crippen molar-refractivity contribution in [1.29, 1.82) is 0 Å². The maximum Gasteiger partial charge on any atom is 0.387 e. The van der Waals surface area contributed by atoms with Gasteiger partial charge in [0, 0.05) is 36.6 Å². The van der Waals surface area contributed by atoms with E-state index in [4.69, 9.17) is 4.74 Å². The van der Waals surface area contributed by atoms with Crippen LogP contribution in [0.2, 0.25) is 0 Å². The Balaban J connectivity index is 2.23. The third-order valence-corrected chi connectivity index (χ3v) is 3.82. The van der Waals surface area contributed by atoms with E-state index in [0.29, 0.717) is 12.1 Å². The van der Waals surface area contributed by atoms with Crippen molar-refractivity contribution in [3.8, 4) is 11.5 Å². The summed E-state index contributed by atoms with van der Waals surface area (Å²) in [4.78, 5) is 18.4. The van der Waals surface area contributed by atoms with Crippen molar-refractivity contribution < 1.29 is 23.0 Å². The molecule has 0 fully saturated rings. The highest BCUT2D eigenvalue weighted by molar-refractivity contribution is 5.92. The lowest BCUT2D eigenvalue weighted by molar-refractivity contribution is -0.128. The number of carbonyl (C=O) groups is 1. The molecule has 7 heteroatoms. The highest BCUT2D eigenvalue weighted by Gasteiger charge is 2.17. The third-order valence-electron chi connectivity index (χ3n) is 3.82. The molecule has 0 radical (unpaired) electrons. The summed E-state index contributed by atoms with van der Waals surface area (Å²) in [5.41, 5.74) is 1.23. The molecule has 1 heterocycles. The fraction of sp³-hybridized carbons (Fsp3) is 0.300. The van der Waals surface area contributed by atoms with Gasteiger partial charge in [-0.1, -0.05) is 18.2 Å². The fourth-order valence-electron chi connectivity index (χ4n) is 2.50. The number of pyridine rings is 1. The number of halogens is 2. The zero-order valence-electron chi connectivity index (χ0n) is 15.4. The minimum Gasteiger partial charge on any atom is -0.493 e. The zero-order chi connectivity index (χ0) is 19.8. The van der Waals surface area contributed by atoms with Crippen molar-refractivity contribution in [1.82, 2.24) is 9.88 Å². The topological polar surface area (TPSA) is 51.7 Å². The van der Waals surface area contributed by atoms with E-state index in [2.05, 4.69) is 9.72 Å². The van der Waals surface area contributed by atoms with E-state index in [0.717, 1.165) is 5.56 Å². The molecule has 0 aliphatic heterocycles. The molecule has 0 unspecified atom stereocenters. The molecule has 1 aromatic heterocycles. The van der Waals surface area contributed by atoms with E-state index in [9.17, 15) is 13.6 Å². The van der Waals surface area contributed by atoms with Crippen molar-refractivity contribution in [2.45, 2.75) is 33.0 Å². The first-order chi connectivity index (χ1) is 12.9. The molecule has 2 aromatic rings. The van der Waals surface area contributed by atoms with E-state index in [1.165, 1.54) is 25.3 Å². The molecule has 27 heavy (non-hydrogen) atoms. The number of rotatable bonds is 8. The molecular weight excluding hydrogens is 354 g/mol. The fourth-order valence-corrected chi connectivity index (χ4v) is 2.50. The van der Waals surface area contributed by atoms with Crippen LogP contribution >= 0.6 is 0 Å². The number of amides is 1. The van der Waals surface area contributed by atoms with E-state index in [1.54, 1.807) is 35.5 Å². The Morgan fingerprint density at radius 1 is 1.26 bits per heavy atom. The quantitative estimate of drug-likeness (QED) is 0.650. The van der Waals surface area contributed by atoms with E-state index in [1.807, 2.05) is 19.9 Å². The van der Waals surface area contributed by atoms with E-state index < -0.39 is 6.61 Å². The van der Waals surface area contributed by atoms with Crippen LogP contribution in [0, 0.1) is 0 Å². The molecule has 5 nitrogen and oxygen atoms in total. The van der Waals surface area contributed by atoms with Gasteiger partial charge in [-0.15, -0.1) is 0 Å². The van der Waals surface area contributed by atoms with Gasteiger partial charge in [-0.05, 0) is 37.6 Å². The standard InChI is InChI=1S/C20H22F2N2O3/c1-14(2)24(13-15-6-5-11-23-12-15)18(25)10-9-16-7-4-8-17(26-3)19(16)27-20(21)22/h4-12,14,20H,13H2,1-3H3. The second-order valence-electron chi connectivity index (χ2n) is 6.01. The molecule has 0 aliphatic carbocycles. The Morgan fingerprint density at radius 3 is 2.63 bits per heavy atom. The van der Waals surface area contributed by atoms with Gasteiger partial charge in [-0.25, -0.2) is 0 Å². The predicted molar refractivity (Wildman–Crippen MR) is 98.6 cm³/mol. The lowest BCUT2D eigenvalue weighted by Crippen LogP contribution is -2.35. The summed E-state index contributed by atoms with van der Waals surface area (Å²) in [5, 5.41) is 0. The highest BCUT2D eigenvalue weighted by Crippen LogP contribution is 2.33. The Labute approximate surface area is 157 Å². The second kappa shape index (κ2) is 9.66. The van der Waals surface area contributed by atoms with Crippen molar-refractivity contribution in [3.63, 3.8) is 0 Å². The lowest BCUT2D eigenvalue weighted by atomic mass is 10.1. The van der Waals surface area contributed by atoms with Crippen molar-refractivity contribution in [3.05, 3.63) is 59.9 Å². The number of ether oxygens (including phenoxy) is 2. The number of benzene rings is 1. The molecule has 0 aliphatic rings. The molecule has 144 valence electrons. The normalized spacial score (nSPS) is 11.2. The third kappa shape index (κ3) is 5.77. The van der Waals surface area contributed by atoms with Gasteiger partial charge in [0.25, 0.3) is 0 Å². The van der Waals surface area contributed by atoms with Crippen LogP contribution in [-0.4, -0.2) is 35.6 Å². The SMILES string of the molecule is COc1cccc(C=CC(=O)N(Cc2cccnc2)C(C)C)c1OC(F)F. The van der Waals surface area contributed by atoms with Gasteiger partial charge in [0.2, 0.25) is 5.91 Å². The van der Waals surface area contributed by atoms with Gasteiger partial charge in [0.15, 0.2) is 11.5 Å². The number of aromatic nitrogens is 1. The predicted octanol–water partition coefficient (Wildman–Crippen LogP) is 4.14. The number of methoxy groups -OCH3 is 1. The van der Waals surface area contributed by atoms with Crippen molar-refractivity contribution in [2.24, 2.45) is 0 Å². The van der Waals surface area contributed by atoms with Crippen molar-refractivity contribution >= 4 is 12.0 Å². The van der Waals surface area contributed by atoms with E-state index in [-0.39, 0.29) is 23.4 Å². The monoisotopic (exact) mass is 376 g/mol. The maximum atomic E-state index is 12.7.